The van der Waals surface area contributed by atoms with E-state index in [1.807, 2.05) is 6.07 Å². The van der Waals surface area contributed by atoms with Crippen LogP contribution < -0.4 is 4.90 Å². The molecular weight excluding hydrogens is 321 g/mol. The molecule has 2 aromatic rings. The SMILES string of the molecule is Fc1cccc(CCN(c2ncc(Br)cn2)C2CC2)c1. The Labute approximate surface area is 126 Å². The van der Waals surface area contributed by atoms with Crippen molar-refractivity contribution in [2.75, 3.05) is 11.4 Å². The molecule has 0 bridgehead atoms. The summed E-state index contributed by atoms with van der Waals surface area (Å²) in [5.74, 6) is 0.576. The Hall–Kier alpha value is -1.49. The second-order valence-electron chi connectivity index (χ2n) is 5.01. The minimum absolute atomic E-state index is 0.180. The Bertz CT molecular complexity index is 584. The van der Waals surface area contributed by atoms with Crippen LogP contribution in [0.3, 0.4) is 0 Å². The van der Waals surface area contributed by atoms with Crippen LogP contribution in [0.15, 0.2) is 41.1 Å². The zero-order valence-electron chi connectivity index (χ0n) is 11.0. The summed E-state index contributed by atoms with van der Waals surface area (Å²) in [6, 6.07) is 7.30. The number of halogens is 2. The largest absolute Gasteiger partial charge is 0.338 e. The van der Waals surface area contributed by atoms with Gasteiger partial charge in [0.25, 0.3) is 0 Å². The van der Waals surface area contributed by atoms with Gasteiger partial charge < -0.3 is 4.90 Å². The van der Waals surface area contributed by atoms with Crippen molar-refractivity contribution in [3.63, 3.8) is 0 Å². The molecule has 104 valence electrons. The monoisotopic (exact) mass is 335 g/mol. The highest BCUT2D eigenvalue weighted by molar-refractivity contribution is 9.10. The van der Waals surface area contributed by atoms with E-state index < -0.39 is 0 Å². The van der Waals surface area contributed by atoms with E-state index in [2.05, 4.69) is 30.8 Å². The van der Waals surface area contributed by atoms with E-state index in [9.17, 15) is 4.39 Å². The van der Waals surface area contributed by atoms with Gasteiger partial charge in [0.05, 0.1) is 4.47 Å². The number of benzene rings is 1. The Morgan fingerprint density at radius 2 is 2.00 bits per heavy atom. The number of hydrogen-bond donors (Lipinski definition) is 0. The average molecular weight is 336 g/mol. The molecule has 1 aromatic carbocycles. The molecule has 0 saturated heterocycles. The zero-order chi connectivity index (χ0) is 13.9. The second kappa shape index (κ2) is 5.87. The van der Waals surface area contributed by atoms with E-state index >= 15 is 0 Å². The van der Waals surface area contributed by atoms with Crippen molar-refractivity contribution < 1.29 is 4.39 Å². The second-order valence-corrected chi connectivity index (χ2v) is 5.92. The Balaban J connectivity index is 1.70. The summed E-state index contributed by atoms with van der Waals surface area (Å²) in [7, 11) is 0. The van der Waals surface area contributed by atoms with Crippen molar-refractivity contribution in [3.8, 4) is 0 Å². The van der Waals surface area contributed by atoms with Gasteiger partial charge in [-0.05, 0) is 52.9 Å². The standard InChI is InChI=1S/C15H15BrFN3/c16-12-9-18-15(19-10-12)20(14-4-5-14)7-6-11-2-1-3-13(17)8-11/h1-3,8-10,14H,4-7H2. The molecule has 0 N–H and O–H groups in total. The van der Waals surface area contributed by atoms with Gasteiger partial charge in [-0.15, -0.1) is 0 Å². The lowest BCUT2D eigenvalue weighted by Crippen LogP contribution is -2.29. The molecule has 1 heterocycles. The van der Waals surface area contributed by atoms with Crippen molar-refractivity contribution in [2.24, 2.45) is 0 Å². The highest BCUT2D eigenvalue weighted by Crippen LogP contribution is 2.30. The lowest BCUT2D eigenvalue weighted by Gasteiger charge is -2.22. The van der Waals surface area contributed by atoms with Crippen LogP contribution in [0.1, 0.15) is 18.4 Å². The zero-order valence-corrected chi connectivity index (χ0v) is 12.6. The number of nitrogens with zero attached hydrogens (tertiary/aromatic N) is 3. The molecule has 0 radical (unpaired) electrons. The lowest BCUT2D eigenvalue weighted by atomic mass is 10.1. The molecule has 0 atom stereocenters. The van der Waals surface area contributed by atoms with Gasteiger partial charge in [0.2, 0.25) is 5.95 Å². The Morgan fingerprint density at radius 1 is 1.25 bits per heavy atom. The molecule has 3 nitrogen and oxygen atoms in total. The van der Waals surface area contributed by atoms with Crippen molar-refractivity contribution in [2.45, 2.75) is 25.3 Å². The van der Waals surface area contributed by atoms with Crippen LogP contribution in [0.25, 0.3) is 0 Å². The first kappa shape index (κ1) is 13.5. The van der Waals surface area contributed by atoms with Gasteiger partial charge in [0.15, 0.2) is 0 Å². The number of hydrogen-bond acceptors (Lipinski definition) is 3. The Morgan fingerprint density at radius 3 is 2.65 bits per heavy atom. The molecular formula is C15H15BrFN3. The van der Waals surface area contributed by atoms with Gasteiger partial charge in [-0.3, -0.25) is 0 Å². The molecule has 1 aliphatic rings. The van der Waals surface area contributed by atoms with E-state index in [1.165, 1.54) is 18.9 Å². The fourth-order valence-electron chi connectivity index (χ4n) is 2.23. The number of rotatable bonds is 5. The molecule has 1 fully saturated rings. The first-order chi connectivity index (χ1) is 9.72. The maximum absolute atomic E-state index is 13.2. The quantitative estimate of drug-likeness (QED) is 0.836. The molecule has 1 aromatic heterocycles. The van der Waals surface area contributed by atoms with E-state index in [-0.39, 0.29) is 5.82 Å². The minimum Gasteiger partial charge on any atom is -0.338 e. The van der Waals surface area contributed by atoms with E-state index in [0.29, 0.717) is 6.04 Å². The van der Waals surface area contributed by atoms with Crippen molar-refractivity contribution in [1.29, 1.82) is 0 Å². The molecule has 1 aliphatic carbocycles. The summed E-state index contributed by atoms with van der Waals surface area (Å²) in [4.78, 5) is 10.9. The van der Waals surface area contributed by atoms with E-state index in [4.69, 9.17) is 0 Å². The van der Waals surface area contributed by atoms with Crippen LogP contribution in [-0.2, 0) is 6.42 Å². The van der Waals surface area contributed by atoms with Gasteiger partial charge >= 0.3 is 0 Å². The normalized spacial score (nSPS) is 14.3. The third kappa shape index (κ3) is 3.33. The predicted octanol–water partition coefficient (Wildman–Crippen LogP) is 3.59. The van der Waals surface area contributed by atoms with Crippen LogP contribution in [-0.4, -0.2) is 22.6 Å². The molecule has 0 aliphatic heterocycles. The summed E-state index contributed by atoms with van der Waals surface area (Å²) in [5, 5.41) is 0. The predicted molar refractivity (Wildman–Crippen MR) is 80.2 cm³/mol. The summed E-state index contributed by atoms with van der Waals surface area (Å²) >= 11 is 3.35. The van der Waals surface area contributed by atoms with Crippen LogP contribution in [0.2, 0.25) is 0 Å². The molecule has 20 heavy (non-hydrogen) atoms. The molecule has 0 spiro atoms. The molecule has 5 heteroatoms. The minimum atomic E-state index is -0.180. The van der Waals surface area contributed by atoms with Crippen LogP contribution in [0.4, 0.5) is 10.3 Å². The first-order valence-electron chi connectivity index (χ1n) is 6.71. The van der Waals surface area contributed by atoms with Crippen molar-refractivity contribution in [1.82, 2.24) is 9.97 Å². The van der Waals surface area contributed by atoms with Crippen molar-refractivity contribution >= 4 is 21.9 Å². The maximum atomic E-state index is 13.2. The molecule has 3 rings (SSSR count). The highest BCUT2D eigenvalue weighted by atomic mass is 79.9. The fourth-order valence-corrected chi connectivity index (χ4v) is 2.43. The summed E-state index contributed by atoms with van der Waals surface area (Å²) < 4.78 is 14.1. The maximum Gasteiger partial charge on any atom is 0.225 e. The van der Waals surface area contributed by atoms with Crippen LogP contribution in [0, 0.1) is 5.82 Å². The summed E-state index contributed by atoms with van der Waals surface area (Å²) in [6.45, 7) is 0.815. The Kier molecular flexibility index (Phi) is 3.96. The molecule has 0 amide bonds. The van der Waals surface area contributed by atoms with Gasteiger partial charge in [-0.1, -0.05) is 12.1 Å². The van der Waals surface area contributed by atoms with Crippen LogP contribution in [0.5, 0.6) is 0 Å². The smallest absolute Gasteiger partial charge is 0.225 e. The van der Waals surface area contributed by atoms with Gasteiger partial charge in [-0.2, -0.15) is 0 Å². The highest BCUT2D eigenvalue weighted by Gasteiger charge is 2.30. The fraction of sp³-hybridized carbons (Fsp3) is 0.333. The first-order valence-corrected chi connectivity index (χ1v) is 7.50. The number of anilines is 1. The van der Waals surface area contributed by atoms with Gasteiger partial charge in [-0.25, -0.2) is 14.4 Å². The lowest BCUT2D eigenvalue weighted by molar-refractivity contribution is 0.624. The molecule has 1 saturated carbocycles. The number of aromatic nitrogens is 2. The van der Waals surface area contributed by atoms with Gasteiger partial charge in [0.1, 0.15) is 5.82 Å². The average Bonchev–Trinajstić information content (AvgIpc) is 3.26. The summed E-state index contributed by atoms with van der Waals surface area (Å²) in [6.07, 6.45) is 6.69. The van der Waals surface area contributed by atoms with E-state index in [1.54, 1.807) is 24.5 Å². The molecule has 0 unspecified atom stereocenters. The summed E-state index contributed by atoms with van der Waals surface area (Å²) in [5.41, 5.74) is 1.01. The van der Waals surface area contributed by atoms with Crippen LogP contribution >= 0.6 is 15.9 Å². The third-order valence-corrected chi connectivity index (χ3v) is 3.79. The third-order valence-electron chi connectivity index (χ3n) is 3.38. The van der Waals surface area contributed by atoms with E-state index in [0.717, 1.165) is 29.0 Å². The van der Waals surface area contributed by atoms with Gasteiger partial charge in [0, 0.05) is 25.0 Å². The topological polar surface area (TPSA) is 29.0 Å². The van der Waals surface area contributed by atoms with Crippen molar-refractivity contribution in [3.05, 3.63) is 52.5 Å².